The highest BCUT2D eigenvalue weighted by Crippen LogP contribution is 2.26. The van der Waals surface area contributed by atoms with Gasteiger partial charge in [-0.15, -0.1) is 0 Å². The van der Waals surface area contributed by atoms with E-state index in [0.29, 0.717) is 25.2 Å². The van der Waals surface area contributed by atoms with E-state index in [9.17, 15) is 14.3 Å². The maximum Gasteiger partial charge on any atom is 0.246 e. The fourth-order valence-corrected chi connectivity index (χ4v) is 2.91. The minimum Gasteiger partial charge on any atom is -0.392 e. The summed E-state index contributed by atoms with van der Waals surface area (Å²) in [6.45, 7) is 1.13. The molecule has 1 aliphatic rings. The summed E-state index contributed by atoms with van der Waals surface area (Å²) in [4.78, 5) is 14.7. The second-order valence-electron chi connectivity index (χ2n) is 5.75. The second kappa shape index (κ2) is 6.89. The Bertz CT molecular complexity index is 660. The fourth-order valence-electron chi connectivity index (χ4n) is 2.91. The monoisotopic (exact) mass is 314 g/mol. The number of β-amino-alcohol motifs (C(OH)–C–C–N with tert-alkyl or cyclic N) is 1. The van der Waals surface area contributed by atoms with Crippen LogP contribution in [0.4, 0.5) is 10.1 Å². The molecule has 1 heterocycles. The summed E-state index contributed by atoms with van der Waals surface area (Å²) < 4.78 is 13.0. The molecule has 2 N–H and O–H groups in total. The smallest absolute Gasteiger partial charge is 0.246 e. The van der Waals surface area contributed by atoms with E-state index in [1.165, 1.54) is 24.3 Å². The molecule has 2 aromatic carbocycles. The standard InChI is InChI=1S/C18H19FN2O2/c19-14-6-8-15(9-7-14)20-18(23)17(13-4-2-1-3-5-13)21-11-10-16(22)12-21/h1-9,16-17,22H,10-12H2,(H,20,23)/t16-,17?/m1/s1. The van der Waals surface area contributed by atoms with E-state index in [0.717, 1.165) is 5.56 Å². The average molecular weight is 314 g/mol. The molecule has 2 aromatic rings. The van der Waals surface area contributed by atoms with Gasteiger partial charge in [0.15, 0.2) is 0 Å². The van der Waals surface area contributed by atoms with E-state index < -0.39 is 12.1 Å². The summed E-state index contributed by atoms with van der Waals surface area (Å²) in [5, 5.41) is 12.6. The number of hydrogen-bond donors (Lipinski definition) is 2. The zero-order valence-electron chi connectivity index (χ0n) is 12.7. The summed E-state index contributed by atoms with van der Waals surface area (Å²) in [6, 6.07) is 14.7. The molecular formula is C18H19FN2O2. The van der Waals surface area contributed by atoms with E-state index in [4.69, 9.17) is 0 Å². The predicted octanol–water partition coefficient (Wildman–Crippen LogP) is 2.57. The van der Waals surface area contributed by atoms with Gasteiger partial charge in [0.2, 0.25) is 5.91 Å². The Labute approximate surface area is 134 Å². The molecule has 1 amide bonds. The number of amides is 1. The van der Waals surface area contributed by atoms with Gasteiger partial charge in [0.1, 0.15) is 11.9 Å². The van der Waals surface area contributed by atoms with Gasteiger partial charge in [0, 0.05) is 18.8 Å². The number of nitrogens with one attached hydrogen (secondary N) is 1. The Morgan fingerprint density at radius 1 is 1.17 bits per heavy atom. The third kappa shape index (κ3) is 3.75. The third-order valence-electron chi connectivity index (χ3n) is 4.04. The van der Waals surface area contributed by atoms with Gasteiger partial charge >= 0.3 is 0 Å². The van der Waals surface area contributed by atoms with E-state index in [1.807, 2.05) is 35.2 Å². The molecule has 23 heavy (non-hydrogen) atoms. The van der Waals surface area contributed by atoms with E-state index >= 15 is 0 Å². The van der Waals surface area contributed by atoms with Crippen molar-refractivity contribution in [2.45, 2.75) is 18.6 Å². The molecule has 4 nitrogen and oxygen atoms in total. The van der Waals surface area contributed by atoms with Crippen molar-refractivity contribution in [3.8, 4) is 0 Å². The minimum absolute atomic E-state index is 0.183. The lowest BCUT2D eigenvalue weighted by molar-refractivity contribution is -0.121. The number of rotatable bonds is 4. The van der Waals surface area contributed by atoms with E-state index in [-0.39, 0.29) is 11.7 Å². The number of aliphatic hydroxyl groups excluding tert-OH is 1. The highest BCUT2D eigenvalue weighted by atomic mass is 19.1. The van der Waals surface area contributed by atoms with Crippen molar-refractivity contribution < 1.29 is 14.3 Å². The Morgan fingerprint density at radius 3 is 2.48 bits per heavy atom. The number of likely N-dealkylation sites (tertiary alicyclic amines) is 1. The number of halogens is 1. The van der Waals surface area contributed by atoms with Crippen LogP contribution in [-0.2, 0) is 4.79 Å². The minimum atomic E-state index is -0.474. The molecule has 1 fully saturated rings. The fraction of sp³-hybridized carbons (Fsp3) is 0.278. The zero-order valence-corrected chi connectivity index (χ0v) is 12.7. The molecule has 1 unspecified atom stereocenters. The van der Waals surface area contributed by atoms with Crippen molar-refractivity contribution in [2.24, 2.45) is 0 Å². The van der Waals surface area contributed by atoms with Gasteiger partial charge in [0.25, 0.3) is 0 Å². The molecule has 1 aliphatic heterocycles. The number of benzene rings is 2. The number of nitrogens with zero attached hydrogens (tertiary/aromatic N) is 1. The zero-order chi connectivity index (χ0) is 16.2. The first-order chi connectivity index (χ1) is 11.1. The van der Waals surface area contributed by atoms with Crippen molar-refractivity contribution in [1.82, 2.24) is 4.90 Å². The topological polar surface area (TPSA) is 52.6 Å². The van der Waals surface area contributed by atoms with Crippen molar-refractivity contribution in [2.75, 3.05) is 18.4 Å². The summed E-state index contributed by atoms with van der Waals surface area (Å²) in [7, 11) is 0. The molecule has 0 bridgehead atoms. The van der Waals surface area contributed by atoms with E-state index in [1.54, 1.807) is 0 Å². The van der Waals surface area contributed by atoms with Gasteiger partial charge in [0.05, 0.1) is 6.10 Å². The molecule has 5 heteroatoms. The number of hydrogen-bond acceptors (Lipinski definition) is 3. The molecule has 0 saturated carbocycles. The number of anilines is 1. The third-order valence-corrected chi connectivity index (χ3v) is 4.04. The van der Waals surface area contributed by atoms with Crippen LogP contribution in [0.15, 0.2) is 54.6 Å². The predicted molar refractivity (Wildman–Crippen MR) is 86.4 cm³/mol. The van der Waals surface area contributed by atoms with Gasteiger partial charge in [-0.25, -0.2) is 4.39 Å². The van der Waals surface area contributed by atoms with Crippen LogP contribution in [0.25, 0.3) is 0 Å². The largest absolute Gasteiger partial charge is 0.392 e. The molecular weight excluding hydrogens is 295 g/mol. The lowest BCUT2D eigenvalue weighted by Crippen LogP contribution is -2.36. The van der Waals surface area contributed by atoms with Gasteiger partial charge in [-0.3, -0.25) is 9.69 Å². The molecule has 0 spiro atoms. The Balaban J connectivity index is 1.82. The lowest BCUT2D eigenvalue weighted by atomic mass is 10.0. The first kappa shape index (κ1) is 15.6. The van der Waals surface area contributed by atoms with Crippen molar-refractivity contribution in [3.05, 3.63) is 66.0 Å². The molecule has 0 aromatic heterocycles. The van der Waals surface area contributed by atoms with Crippen LogP contribution >= 0.6 is 0 Å². The number of carbonyl (C=O) groups excluding carboxylic acids is 1. The van der Waals surface area contributed by atoms with Crippen LogP contribution < -0.4 is 5.32 Å². The Kier molecular flexibility index (Phi) is 4.69. The molecule has 0 radical (unpaired) electrons. The Hall–Kier alpha value is -2.24. The van der Waals surface area contributed by atoms with Gasteiger partial charge in [-0.2, -0.15) is 0 Å². The second-order valence-corrected chi connectivity index (χ2v) is 5.75. The van der Waals surface area contributed by atoms with Gasteiger partial charge in [-0.05, 0) is 36.2 Å². The number of carbonyl (C=O) groups is 1. The summed E-state index contributed by atoms with van der Waals surface area (Å²) in [5.74, 6) is -0.526. The molecule has 1 saturated heterocycles. The lowest BCUT2D eigenvalue weighted by Gasteiger charge is -2.27. The van der Waals surface area contributed by atoms with Crippen LogP contribution in [-0.4, -0.2) is 35.1 Å². The molecule has 0 aliphatic carbocycles. The molecule has 120 valence electrons. The van der Waals surface area contributed by atoms with E-state index in [2.05, 4.69) is 5.32 Å². The normalized spacial score (nSPS) is 19.5. The SMILES string of the molecule is O=C(Nc1ccc(F)cc1)C(c1ccccc1)N1CC[C@@H](O)C1. The number of aliphatic hydroxyl groups is 1. The maximum absolute atomic E-state index is 13.0. The van der Waals surface area contributed by atoms with Crippen LogP contribution in [0.2, 0.25) is 0 Å². The first-order valence-corrected chi connectivity index (χ1v) is 7.67. The summed E-state index contributed by atoms with van der Waals surface area (Å²) in [6.07, 6.45) is 0.257. The summed E-state index contributed by atoms with van der Waals surface area (Å²) >= 11 is 0. The van der Waals surface area contributed by atoms with Crippen LogP contribution in [0, 0.1) is 5.82 Å². The average Bonchev–Trinajstić information content (AvgIpc) is 2.97. The maximum atomic E-state index is 13.0. The van der Waals surface area contributed by atoms with Crippen molar-refractivity contribution >= 4 is 11.6 Å². The first-order valence-electron chi connectivity index (χ1n) is 7.67. The highest BCUT2D eigenvalue weighted by Gasteiger charge is 2.32. The Morgan fingerprint density at radius 2 is 1.87 bits per heavy atom. The highest BCUT2D eigenvalue weighted by molar-refractivity contribution is 5.95. The quantitative estimate of drug-likeness (QED) is 0.912. The summed E-state index contributed by atoms with van der Waals surface area (Å²) in [5.41, 5.74) is 1.43. The van der Waals surface area contributed by atoms with Crippen LogP contribution in [0.5, 0.6) is 0 Å². The van der Waals surface area contributed by atoms with Crippen molar-refractivity contribution in [3.63, 3.8) is 0 Å². The van der Waals surface area contributed by atoms with Crippen molar-refractivity contribution in [1.29, 1.82) is 0 Å². The van der Waals surface area contributed by atoms with Crippen LogP contribution in [0.3, 0.4) is 0 Å². The molecule has 3 rings (SSSR count). The molecule has 2 atom stereocenters. The van der Waals surface area contributed by atoms with Gasteiger partial charge < -0.3 is 10.4 Å². The van der Waals surface area contributed by atoms with Crippen LogP contribution in [0.1, 0.15) is 18.0 Å². The van der Waals surface area contributed by atoms with Gasteiger partial charge in [-0.1, -0.05) is 30.3 Å².